The zero-order valence-corrected chi connectivity index (χ0v) is 27.1. The van der Waals surface area contributed by atoms with E-state index in [4.69, 9.17) is 32.7 Å². The second-order valence-corrected chi connectivity index (χ2v) is 12.5. The Labute approximate surface area is 265 Å². The minimum Gasteiger partial charge on any atom is -0.490 e. The number of nitrogens with one attached hydrogen (secondary N) is 1. The molecule has 1 aromatic carbocycles. The van der Waals surface area contributed by atoms with Crippen LogP contribution < -0.4 is 10.1 Å². The van der Waals surface area contributed by atoms with E-state index in [1.54, 1.807) is 24.4 Å². The monoisotopic (exact) mass is 633 g/mol. The number of halogens is 2. The summed E-state index contributed by atoms with van der Waals surface area (Å²) < 4.78 is 11.7. The van der Waals surface area contributed by atoms with Crippen LogP contribution in [0.25, 0.3) is 0 Å². The van der Waals surface area contributed by atoms with Crippen LogP contribution >= 0.6 is 23.2 Å². The van der Waals surface area contributed by atoms with Crippen LogP contribution in [-0.2, 0) is 16.0 Å². The third kappa shape index (κ3) is 9.70. The lowest BCUT2D eigenvalue weighted by Gasteiger charge is -2.34. The number of aromatic nitrogens is 1. The van der Waals surface area contributed by atoms with E-state index >= 15 is 0 Å². The van der Waals surface area contributed by atoms with Gasteiger partial charge in [-0.05, 0) is 89.1 Å². The molecule has 1 aromatic heterocycles. The largest absolute Gasteiger partial charge is 0.490 e. The SMILES string of the molecule is CC[C@H](COc1cccnc1C1CCN(C(=O)[C@@H](Cc2ccc(Cl)cc2Cl)NC(=O)OCCN2CCCC2)CC1)N(C)C. The summed E-state index contributed by atoms with van der Waals surface area (Å²) in [6, 6.07) is 8.55. The summed E-state index contributed by atoms with van der Waals surface area (Å²) in [5, 5.41) is 3.79. The number of hydrogen-bond donors (Lipinski definition) is 1. The molecular weight excluding hydrogens is 589 g/mol. The zero-order valence-electron chi connectivity index (χ0n) is 25.6. The highest BCUT2D eigenvalue weighted by Gasteiger charge is 2.32. The summed E-state index contributed by atoms with van der Waals surface area (Å²) in [7, 11) is 4.12. The first-order valence-corrected chi connectivity index (χ1v) is 16.1. The summed E-state index contributed by atoms with van der Waals surface area (Å²) in [5.41, 5.74) is 1.67. The van der Waals surface area contributed by atoms with Crippen LogP contribution in [-0.4, -0.2) is 104 Å². The standard InChI is InChI=1S/C32H45Cl2N5O4/c1-4-26(37(2)3)22-43-29-8-7-13-35-30(29)23-11-16-39(17-12-23)31(40)28(20-24-9-10-25(33)21-27(24)34)36-32(41)42-19-18-38-14-5-6-15-38/h7-10,13,21,23,26,28H,4-6,11-12,14-20,22H2,1-3H3,(H,36,41)/t26-,28-/m1/s1. The van der Waals surface area contributed by atoms with Crippen molar-refractivity contribution in [2.24, 2.45) is 0 Å². The molecule has 2 aromatic rings. The molecule has 2 amide bonds. The summed E-state index contributed by atoms with van der Waals surface area (Å²) >= 11 is 12.5. The maximum atomic E-state index is 13.8. The van der Waals surface area contributed by atoms with Crippen LogP contribution in [0.3, 0.4) is 0 Å². The van der Waals surface area contributed by atoms with E-state index in [9.17, 15) is 9.59 Å². The average molecular weight is 635 g/mol. The number of amides is 2. The maximum Gasteiger partial charge on any atom is 0.407 e. The maximum absolute atomic E-state index is 13.8. The van der Waals surface area contributed by atoms with Gasteiger partial charge >= 0.3 is 6.09 Å². The Kier molecular flexibility index (Phi) is 12.8. The summed E-state index contributed by atoms with van der Waals surface area (Å²) in [4.78, 5) is 37.6. The molecule has 3 heterocycles. The third-order valence-corrected chi connectivity index (χ3v) is 9.08. The minimum absolute atomic E-state index is 0.157. The van der Waals surface area contributed by atoms with Gasteiger partial charge in [0.1, 0.15) is 25.0 Å². The molecular formula is C32H45Cl2N5O4. The van der Waals surface area contributed by atoms with Gasteiger partial charge in [0.05, 0.1) is 5.69 Å². The fraction of sp³-hybridized carbons (Fsp3) is 0.594. The van der Waals surface area contributed by atoms with Gasteiger partial charge in [-0.25, -0.2) is 4.79 Å². The van der Waals surface area contributed by atoms with E-state index in [2.05, 4.69) is 41.1 Å². The molecule has 2 aliphatic rings. The molecule has 0 aliphatic carbocycles. The lowest BCUT2D eigenvalue weighted by atomic mass is 9.91. The molecule has 236 valence electrons. The minimum atomic E-state index is -0.819. The van der Waals surface area contributed by atoms with Gasteiger partial charge in [-0.15, -0.1) is 0 Å². The van der Waals surface area contributed by atoms with E-state index in [0.29, 0.717) is 42.3 Å². The molecule has 4 rings (SSSR count). The van der Waals surface area contributed by atoms with Gasteiger partial charge in [-0.2, -0.15) is 0 Å². The van der Waals surface area contributed by atoms with Gasteiger partial charge < -0.3 is 24.6 Å². The number of ether oxygens (including phenoxy) is 2. The molecule has 2 saturated heterocycles. The second kappa shape index (κ2) is 16.5. The Morgan fingerprint density at radius 3 is 2.53 bits per heavy atom. The fourth-order valence-corrected chi connectivity index (χ4v) is 6.29. The predicted octanol–water partition coefficient (Wildman–Crippen LogP) is 5.25. The van der Waals surface area contributed by atoms with E-state index in [-0.39, 0.29) is 24.9 Å². The van der Waals surface area contributed by atoms with Crippen LogP contribution in [0.5, 0.6) is 5.75 Å². The smallest absolute Gasteiger partial charge is 0.407 e. The quantitative estimate of drug-likeness (QED) is 0.322. The van der Waals surface area contributed by atoms with E-state index in [1.807, 2.05) is 17.0 Å². The van der Waals surface area contributed by atoms with E-state index in [0.717, 1.165) is 49.4 Å². The average Bonchev–Trinajstić information content (AvgIpc) is 3.52. The first kappa shape index (κ1) is 33.3. The van der Waals surface area contributed by atoms with Crippen LogP contribution in [0.4, 0.5) is 4.79 Å². The first-order valence-electron chi connectivity index (χ1n) is 15.4. The molecule has 11 heteroatoms. The highest BCUT2D eigenvalue weighted by atomic mass is 35.5. The van der Waals surface area contributed by atoms with Gasteiger partial charge in [0.2, 0.25) is 5.91 Å². The molecule has 0 unspecified atom stereocenters. The summed E-state index contributed by atoms with van der Waals surface area (Å²) in [5.74, 6) is 0.823. The Morgan fingerprint density at radius 1 is 1.12 bits per heavy atom. The van der Waals surface area contributed by atoms with Crippen LogP contribution in [0, 0.1) is 0 Å². The van der Waals surface area contributed by atoms with Crippen molar-refractivity contribution >= 4 is 35.2 Å². The number of rotatable bonds is 13. The number of carbonyl (C=O) groups excluding carboxylic acids is 2. The van der Waals surface area contributed by atoms with Crippen LogP contribution in [0.15, 0.2) is 36.5 Å². The van der Waals surface area contributed by atoms with Gasteiger partial charge in [0, 0.05) is 54.3 Å². The highest BCUT2D eigenvalue weighted by Crippen LogP contribution is 2.33. The normalized spacial score (nSPS) is 17.6. The van der Waals surface area contributed by atoms with E-state index < -0.39 is 12.1 Å². The molecule has 2 fully saturated rings. The van der Waals surface area contributed by atoms with Crippen molar-refractivity contribution in [1.82, 2.24) is 25.0 Å². The zero-order chi connectivity index (χ0) is 30.8. The number of nitrogens with zero attached hydrogens (tertiary/aromatic N) is 4. The third-order valence-electron chi connectivity index (χ3n) is 8.49. The van der Waals surface area contributed by atoms with Gasteiger partial charge in [0.25, 0.3) is 0 Å². The van der Waals surface area contributed by atoms with Crippen molar-refractivity contribution < 1.29 is 19.1 Å². The molecule has 43 heavy (non-hydrogen) atoms. The second-order valence-electron chi connectivity index (χ2n) is 11.6. The summed E-state index contributed by atoms with van der Waals surface area (Å²) in [6.45, 7) is 6.86. The van der Waals surface area contributed by atoms with Crippen molar-refractivity contribution in [3.63, 3.8) is 0 Å². The molecule has 0 bridgehead atoms. The number of likely N-dealkylation sites (tertiary alicyclic amines) is 2. The van der Waals surface area contributed by atoms with Gasteiger partial charge in [-0.3, -0.25) is 14.7 Å². The number of hydrogen-bond acceptors (Lipinski definition) is 7. The van der Waals surface area contributed by atoms with Gasteiger partial charge in [0.15, 0.2) is 0 Å². The van der Waals surface area contributed by atoms with E-state index in [1.165, 1.54) is 12.8 Å². The van der Waals surface area contributed by atoms with Crippen molar-refractivity contribution in [2.45, 2.75) is 63.5 Å². The highest BCUT2D eigenvalue weighted by molar-refractivity contribution is 6.35. The number of carbonyl (C=O) groups is 2. The molecule has 0 radical (unpaired) electrons. The molecule has 2 atom stereocenters. The number of benzene rings is 1. The molecule has 0 saturated carbocycles. The number of piperidine rings is 1. The number of pyridine rings is 1. The Hall–Kier alpha value is -2.59. The van der Waals surface area contributed by atoms with Crippen molar-refractivity contribution in [3.05, 3.63) is 57.8 Å². The molecule has 9 nitrogen and oxygen atoms in total. The lowest BCUT2D eigenvalue weighted by Crippen LogP contribution is -2.51. The Morgan fingerprint density at radius 2 is 1.86 bits per heavy atom. The van der Waals surface area contributed by atoms with Gasteiger partial charge in [-0.1, -0.05) is 36.2 Å². The van der Waals surface area contributed by atoms with Crippen molar-refractivity contribution in [1.29, 1.82) is 0 Å². The topological polar surface area (TPSA) is 87.2 Å². The van der Waals surface area contributed by atoms with Crippen molar-refractivity contribution in [2.75, 3.05) is 60.0 Å². The van der Waals surface area contributed by atoms with Crippen LogP contribution in [0.2, 0.25) is 10.0 Å². The number of likely N-dealkylation sites (N-methyl/N-ethyl adjacent to an activating group) is 1. The molecule has 2 aliphatic heterocycles. The van der Waals surface area contributed by atoms with Crippen LogP contribution in [0.1, 0.15) is 56.2 Å². The molecule has 1 N–H and O–H groups in total. The number of alkyl carbamates (subject to hydrolysis) is 1. The lowest BCUT2D eigenvalue weighted by molar-refractivity contribution is -0.134. The van der Waals surface area contributed by atoms with Crippen molar-refractivity contribution in [3.8, 4) is 5.75 Å². The Bertz CT molecular complexity index is 1200. The fourth-order valence-electron chi connectivity index (χ4n) is 5.81. The predicted molar refractivity (Wildman–Crippen MR) is 170 cm³/mol. The summed E-state index contributed by atoms with van der Waals surface area (Å²) in [6.07, 6.45) is 6.27. The first-order chi connectivity index (χ1) is 20.7. The Balaban J connectivity index is 1.38. The molecule has 0 spiro atoms.